The van der Waals surface area contributed by atoms with Gasteiger partial charge in [-0.25, -0.2) is 0 Å². The van der Waals surface area contributed by atoms with E-state index in [0.717, 1.165) is 69.6 Å². The van der Waals surface area contributed by atoms with Gasteiger partial charge in [0, 0.05) is 19.3 Å². The van der Waals surface area contributed by atoms with Crippen molar-refractivity contribution in [3.05, 3.63) is 0 Å². The van der Waals surface area contributed by atoms with E-state index in [-0.39, 0.29) is 31.1 Å². The largest absolute Gasteiger partial charge is 0.462 e. The van der Waals surface area contributed by atoms with Gasteiger partial charge in [-0.3, -0.25) is 14.4 Å². The van der Waals surface area contributed by atoms with Crippen LogP contribution in [0.4, 0.5) is 0 Å². The molecule has 1 atom stereocenters. The van der Waals surface area contributed by atoms with Gasteiger partial charge in [-0.15, -0.1) is 0 Å². The molecule has 6 heteroatoms. The van der Waals surface area contributed by atoms with Gasteiger partial charge in [0.25, 0.3) is 0 Å². The predicted octanol–water partition coefficient (Wildman–Crippen LogP) is 15.4. The molecule has 0 rings (SSSR count). The molecule has 0 heterocycles. The topological polar surface area (TPSA) is 78.9 Å². The van der Waals surface area contributed by atoms with Crippen LogP contribution in [-0.4, -0.2) is 37.2 Å². The highest BCUT2D eigenvalue weighted by atomic mass is 16.6. The van der Waals surface area contributed by atoms with Gasteiger partial charge in [0.15, 0.2) is 6.10 Å². The highest BCUT2D eigenvalue weighted by Gasteiger charge is 2.19. The molecular formula is C49H94O6. The Morgan fingerprint density at radius 3 is 0.891 bits per heavy atom. The summed E-state index contributed by atoms with van der Waals surface area (Å²) in [5, 5.41) is 0. The van der Waals surface area contributed by atoms with Crippen molar-refractivity contribution < 1.29 is 28.6 Å². The fraction of sp³-hybridized carbons (Fsp3) is 0.939. The molecule has 0 radical (unpaired) electrons. The summed E-state index contributed by atoms with van der Waals surface area (Å²) in [7, 11) is 0. The van der Waals surface area contributed by atoms with Crippen LogP contribution in [0, 0.1) is 11.8 Å². The summed E-state index contributed by atoms with van der Waals surface area (Å²) in [5.74, 6) is 0.791. The lowest BCUT2D eigenvalue weighted by Crippen LogP contribution is -2.30. The van der Waals surface area contributed by atoms with E-state index in [2.05, 4.69) is 34.6 Å². The maximum atomic E-state index is 12.7. The summed E-state index contributed by atoms with van der Waals surface area (Å²) in [6, 6.07) is 0. The maximum absolute atomic E-state index is 12.7. The van der Waals surface area contributed by atoms with Crippen molar-refractivity contribution in [2.45, 2.75) is 272 Å². The van der Waals surface area contributed by atoms with Crippen molar-refractivity contribution in [3.8, 4) is 0 Å². The first-order valence-corrected chi connectivity index (χ1v) is 24.2. The van der Waals surface area contributed by atoms with E-state index < -0.39 is 6.10 Å². The number of carbonyl (C=O) groups is 3. The molecule has 0 aromatic carbocycles. The lowest BCUT2D eigenvalue weighted by Gasteiger charge is -2.18. The molecule has 0 saturated heterocycles. The van der Waals surface area contributed by atoms with Crippen LogP contribution in [0.15, 0.2) is 0 Å². The van der Waals surface area contributed by atoms with Gasteiger partial charge in [0.2, 0.25) is 0 Å². The number of hydrogen-bond acceptors (Lipinski definition) is 6. The first kappa shape index (κ1) is 53.4. The van der Waals surface area contributed by atoms with Crippen LogP contribution in [0.2, 0.25) is 0 Å². The third-order valence-corrected chi connectivity index (χ3v) is 11.0. The maximum Gasteiger partial charge on any atom is 0.306 e. The van der Waals surface area contributed by atoms with Crippen LogP contribution in [0.25, 0.3) is 0 Å². The fourth-order valence-electron chi connectivity index (χ4n) is 7.28. The van der Waals surface area contributed by atoms with Gasteiger partial charge >= 0.3 is 17.9 Å². The third kappa shape index (κ3) is 43.4. The molecular weight excluding hydrogens is 685 g/mol. The van der Waals surface area contributed by atoms with Gasteiger partial charge in [-0.2, -0.15) is 0 Å². The molecule has 0 spiro atoms. The van der Waals surface area contributed by atoms with E-state index in [1.54, 1.807) is 0 Å². The Hall–Kier alpha value is -1.59. The lowest BCUT2D eigenvalue weighted by atomic mass is 10.0. The van der Waals surface area contributed by atoms with E-state index in [9.17, 15) is 14.4 Å². The van der Waals surface area contributed by atoms with Crippen LogP contribution in [0.5, 0.6) is 0 Å². The summed E-state index contributed by atoms with van der Waals surface area (Å²) in [4.78, 5) is 37.8. The van der Waals surface area contributed by atoms with Crippen LogP contribution >= 0.6 is 0 Å². The molecule has 0 aromatic rings. The average molecular weight is 779 g/mol. The zero-order chi connectivity index (χ0) is 40.5. The van der Waals surface area contributed by atoms with Gasteiger partial charge < -0.3 is 14.2 Å². The first-order chi connectivity index (χ1) is 26.7. The summed E-state index contributed by atoms with van der Waals surface area (Å²) in [6.45, 7) is 11.3. The van der Waals surface area contributed by atoms with Crippen LogP contribution in [0.3, 0.4) is 0 Å². The molecule has 0 aliphatic carbocycles. The first-order valence-electron chi connectivity index (χ1n) is 24.2. The Kier molecular flexibility index (Phi) is 40.8. The van der Waals surface area contributed by atoms with Gasteiger partial charge in [0.1, 0.15) is 13.2 Å². The molecule has 0 N–H and O–H groups in total. The molecule has 6 nitrogen and oxygen atoms in total. The van der Waals surface area contributed by atoms with Gasteiger partial charge in [-0.05, 0) is 31.1 Å². The van der Waals surface area contributed by atoms with Crippen LogP contribution in [0.1, 0.15) is 266 Å². The van der Waals surface area contributed by atoms with E-state index in [0.29, 0.717) is 19.3 Å². The van der Waals surface area contributed by atoms with Crippen LogP contribution in [-0.2, 0) is 28.6 Å². The Morgan fingerprint density at radius 2 is 0.600 bits per heavy atom. The molecule has 0 unspecified atom stereocenters. The summed E-state index contributed by atoms with van der Waals surface area (Å²) in [6.07, 6.45) is 40.9. The number of unbranched alkanes of at least 4 members (excludes halogenated alkanes) is 28. The Bertz CT molecular complexity index is 839. The minimum atomic E-state index is -0.760. The standard InChI is InChI=1S/C49H94O6/c1-6-7-8-9-10-11-19-26-31-36-41-49(52)55-46(43-54-48(51)40-35-30-25-21-16-15-18-23-28-33-38-45(4)5)42-53-47(50)39-34-29-24-20-14-12-13-17-22-27-32-37-44(2)3/h44-46H,6-43H2,1-5H3/t46-/m0/s1. The highest BCUT2D eigenvalue weighted by Crippen LogP contribution is 2.17. The number of hydrogen-bond donors (Lipinski definition) is 0. The SMILES string of the molecule is CCCCCCCCCCCCC(=O)O[C@@H](COC(=O)CCCCCCCCCCCCCC(C)C)COC(=O)CCCCCCCCCCCCC(C)C. The van der Waals surface area contributed by atoms with E-state index in [1.807, 2.05) is 0 Å². The zero-order valence-corrected chi connectivity index (χ0v) is 37.6. The Balaban J connectivity index is 4.30. The summed E-state index contributed by atoms with van der Waals surface area (Å²) >= 11 is 0. The van der Waals surface area contributed by atoms with Crippen molar-refractivity contribution in [1.29, 1.82) is 0 Å². The van der Waals surface area contributed by atoms with Gasteiger partial charge in [0.05, 0.1) is 0 Å². The molecule has 55 heavy (non-hydrogen) atoms. The normalized spacial score (nSPS) is 12.1. The summed E-state index contributed by atoms with van der Waals surface area (Å²) < 4.78 is 16.7. The van der Waals surface area contributed by atoms with Gasteiger partial charge in [-0.1, -0.05) is 227 Å². The second-order valence-corrected chi connectivity index (χ2v) is 17.7. The second kappa shape index (κ2) is 42.0. The van der Waals surface area contributed by atoms with Crippen molar-refractivity contribution >= 4 is 17.9 Å². The molecule has 0 amide bonds. The summed E-state index contributed by atoms with van der Waals surface area (Å²) in [5.41, 5.74) is 0. The second-order valence-electron chi connectivity index (χ2n) is 17.7. The smallest absolute Gasteiger partial charge is 0.306 e. The third-order valence-electron chi connectivity index (χ3n) is 11.0. The zero-order valence-electron chi connectivity index (χ0n) is 37.6. The van der Waals surface area contributed by atoms with E-state index in [1.165, 1.54) is 154 Å². The van der Waals surface area contributed by atoms with Crippen molar-refractivity contribution in [2.75, 3.05) is 13.2 Å². The quantitative estimate of drug-likeness (QED) is 0.0348. The molecule has 0 saturated carbocycles. The van der Waals surface area contributed by atoms with E-state index >= 15 is 0 Å². The minimum Gasteiger partial charge on any atom is -0.462 e. The molecule has 0 aromatic heterocycles. The number of rotatable bonds is 43. The Morgan fingerprint density at radius 1 is 0.345 bits per heavy atom. The minimum absolute atomic E-state index is 0.0644. The predicted molar refractivity (Wildman–Crippen MR) is 233 cm³/mol. The molecule has 0 fully saturated rings. The monoisotopic (exact) mass is 779 g/mol. The van der Waals surface area contributed by atoms with Crippen molar-refractivity contribution in [3.63, 3.8) is 0 Å². The van der Waals surface area contributed by atoms with Crippen LogP contribution < -0.4 is 0 Å². The van der Waals surface area contributed by atoms with E-state index in [4.69, 9.17) is 14.2 Å². The number of carbonyl (C=O) groups excluding carboxylic acids is 3. The molecule has 0 aliphatic rings. The number of ether oxygens (including phenoxy) is 3. The lowest BCUT2D eigenvalue weighted by molar-refractivity contribution is -0.167. The van der Waals surface area contributed by atoms with Crippen molar-refractivity contribution in [2.24, 2.45) is 11.8 Å². The van der Waals surface area contributed by atoms with Crippen molar-refractivity contribution in [1.82, 2.24) is 0 Å². The molecule has 0 bridgehead atoms. The fourth-order valence-corrected chi connectivity index (χ4v) is 7.28. The average Bonchev–Trinajstić information content (AvgIpc) is 3.15. The molecule has 326 valence electrons. The molecule has 0 aliphatic heterocycles. The number of esters is 3. The highest BCUT2D eigenvalue weighted by molar-refractivity contribution is 5.71. The Labute approximate surface area is 342 Å².